The highest BCUT2D eigenvalue weighted by Crippen LogP contribution is 2.01. The maximum atomic E-state index is 11.5. The number of carboxylic acids is 2. The van der Waals surface area contributed by atoms with Crippen LogP contribution in [0.4, 0.5) is 0 Å². The summed E-state index contributed by atoms with van der Waals surface area (Å²) >= 11 is 1.31. The first kappa shape index (κ1) is 18.9. The molecule has 0 unspecified atom stereocenters. The monoisotopic (exact) mass is 326 g/mol. The van der Waals surface area contributed by atoms with Gasteiger partial charge in [-0.05, 0) is 12.7 Å². The average molecular weight is 326 g/mol. The third-order valence-corrected chi connectivity index (χ3v) is 4.93. The number of amides is 1. The van der Waals surface area contributed by atoms with Crippen molar-refractivity contribution in [3.8, 4) is 0 Å². The minimum absolute atomic E-state index is 0.0958. The highest BCUT2D eigenvalue weighted by molar-refractivity contribution is 8.09. The SMILES string of the molecule is CSC[S@](=O)C[C@H](NC(=O)CC[C@H](N)C(=O)O)C(=O)O. The van der Waals surface area contributed by atoms with Crippen LogP contribution in [0.1, 0.15) is 12.8 Å². The Kier molecular flexibility index (Phi) is 9.17. The molecule has 0 saturated heterocycles. The van der Waals surface area contributed by atoms with E-state index in [1.165, 1.54) is 11.8 Å². The largest absolute Gasteiger partial charge is 0.480 e. The maximum Gasteiger partial charge on any atom is 0.327 e. The fourth-order valence-corrected chi connectivity index (χ4v) is 3.25. The maximum absolute atomic E-state index is 11.5. The van der Waals surface area contributed by atoms with E-state index < -0.39 is 40.7 Å². The molecule has 8 nitrogen and oxygen atoms in total. The quantitative estimate of drug-likeness (QED) is 0.392. The standard InChI is InChI=1S/C10H18N2O6S2/c1-19-5-20(18)4-7(10(16)17)12-8(13)3-2-6(11)9(14)15/h6-7H,2-5,11H2,1H3,(H,12,13)(H,14,15)(H,16,17)/t6-,7-,20+/m0/s1. The third kappa shape index (κ3) is 8.12. The Morgan fingerprint density at radius 1 is 1.30 bits per heavy atom. The van der Waals surface area contributed by atoms with Gasteiger partial charge < -0.3 is 21.3 Å². The van der Waals surface area contributed by atoms with Crippen LogP contribution in [0, 0.1) is 0 Å². The van der Waals surface area contributed by atoms with Crippen molar-refractivity contribution in [1.82, 2.24) is 5.32 Å². The number of carbonyl (C=O) groups is 3. The second kappa shape index (κ2) is 9.72. The number of hydrogen-bond acceptors (Lipinski definition) is 6. The van der Waals surface area contributed by atoms with E-state index >= 15 is 0 Å². The molecule has 0 radical (unpaired) electrons. The van der Waals surface area contributed by atoms with Crippen LogP contribution in [0.3, 0.4) is 0 Å². The van der Waals surface area contributed by atoms with E-state index in [4.69, 9.17) is 15.9 Å². The first-order valence-electron chi connectivity index (χ1n) is 5.62. The van der Waals surface area contributed by atoms with E-state index in [1.54, 1.807) is 6.26 Å². The Hall–Kier alpha value is -1.13. The number of carboxylic acid groups (broad SMARTS) is 2. The molecule has 0 aromatic carbocycles. The lowest BCUT2D eigenvalue weighted by Crippen LogP contribution is -2.45. The smallest absolute Gasteiger partial charge is 0.327 e. The van der Waals surface area contributed by atoms with Crippen molar-refractivity contribution in [2.75, 3.05) is 17.1 Å². The summed E-state index contributed by atoms with van der Waals surface area (Å²) in [5, 5.41) is 20.0. The average Bonchev–Trinajstić information content (AvgIpc) is 2.35. The Balaban J connectivity index is 4.31. The molecule has 0 heterocycles. The molecule has 116 valence electrons. The number of nitrogens with one attached hydrogen (secondary N) is 1. The molecule has 5 N–H and O–H groups in total. The van der Waals surface area contributed by atoms with Gasteiger partial charge in [-0.3, -0.25) is 13.8 Å². The van der Waals surface area contributed by atoms with Crippen LogP contribution in [-0.4, -0.2) is 61.4 Å². The fraction of sp³-hybridized carbons (Fsp3) is 0.700. The molecular formula is C10H18N2O6S2. The molecular weight excluding hydrogens is 308 g/mol. The minimum Gasteiger partial charge on any atom is -0.480 e. The highest BCUT2D eigenvalue weighted by Gasteiger charge is 2.23. The van der Waals surface area contributed by atoms with Crippen LogP contribution in [0.2, 0.25) is 0 Å². The zero-order valence-corrected chi connectivity index (χ0v) is 12.5. The van der Waals surface area contributed by atoms with Gasteiger partial charge in [0.1, 0.15) is 12.1 Å². The van der Waals surface area contributed by atoms with Gasteiger partial charge in [-0.1, -0.05) is 0 Å². The molecule has 20 heavy (non-hydrogen) atoms. The topological polar surface area (TPSA) is 147 Å². The molecule has 0 bridgehead atoms. The third-order valence-electron chi connectivity index (χ3n) is 2.23. The van der Waals surface area contributed by atoms with E-state index in [2.05, 4.69) is 5.32 Å². The molecule has 0 aliphatic heterocycles. The first-order chi connectivity index (χ1) is 9.27. The van der Waals surface area contributed by atoms with E-state index in [9.17, 15) is 18.6 Å². The molecule has 1 amide bonds. The number of thioether (sulfide) groups is 1. The summed E-state index contributed by atoms with van der Waals surface area (Å²) in [5.41, 5.74) is 5.23. The molecule has 0 aliphatic carbocycles. The van der Waals surface area contributed by atoms with Crippen LogP contribution in [0.5, 0.6) is 0 Å². The van der Waals surface area contributed by atoms with Crippen molar-refractivity contribution in [1.29, 1.82) is 0 Å². The van der Waals surface area contributed by atoms with Crippen molar-refractivity contribution in [2.45, 2.75) is 24.9 Å². The summed E-state index contributed by atoms with van der Waals surface area (Å²) < 4.78 is 11.5. The normalized spacial score (nSPS) is 15.1. The van der Waals surface area contributed by atoms with Crippen LogP contribution >= 0.6 is 11.8 Å². The molecule has 0 aliphatic rings. The van der Waals surface area contributed by atoms with Gasteiger partial charge in [0.25, 0.3) is 0 Å². The Morgan fingerprint density at radius 2 is 1.90 bits per heavy atom. The van der Waals surface area contributed by atoms with Crippen molar-refractivity contribution < 1.29 is 28.8 Å². The van der Waals surface area contributed by atoms with Crippen LogP contribution in [0.15, 0.2) is 0 Å². The van der Waals surface area contributed by atoms with E-state index in [0.29, 0.717) is 0 Å². The van der Waals surface area contributed by atoms with Gasteiger partial charge in [0, 0.05) is 17.2 Å². The second-order valence-corrected chi connectivity index (χ2v) is 6.69. The zero-order chi connectivity index (χ0) is 15.7. The Morgan fingerprint density at radius 3 is 2.35 bits per heavy atom. The van der Waals surface area contributed by atoms with Gasteiger partial charge in [-0.25, -0.2) is 4.79 Å². The molecule has 10 heteroatoms. The van der Waals surface area contributed by atoms with Crippen molar-refractivity contribution in [2.24, 2.45) is 5.73 Å². The lowest BCUT2D eigenvalue weighted by atomic mass is 10.1. The number of aliphatic carboxylic acids is 2. The van der Waals surface area contributed by atoms with Crippen LogP contribution in [0.25, 0.3) is 0 Å². The predicted octanol–water partition coefficient (Wildman–Crippen LogP) is -1.18. The summed E-state index contributed by atoms with van der Waals surface area (Å²) in [6.45, 7) is 0. The molecule has 0 aromatic heterocycles. The summed E-state index contributed by atoms with van der Waals surface area (Å²) in [4.78, 5) is 32.9. The summed E-state index contributed by atoms with van der Waals surface area (Å²) in [7, 11) is -1.36. The van der Waals surface area contributed by atoms with Crippen molar-refractivity contribution in [3.63, 3.8) is 0 Å². The Labute approximate surface area is 122 Å². The van der Waals surface area contributed by atoms with Gasteiger partial charge in [0.05, 0.1) is 10.8 Å². The minimum atomic E-state index is -1.36. The summed E-state index contributed by atoms with van der Waals surface area (Å²) in [6.07, 6.45) is 1.44. The van der Waals surface area contributed by atoms with E-state index in [0.717, 1.165) is 0 Å². The molecule has 0 rings (SSSR count). The molecule has 0 aromatic rings. The molecule has 3 atom stereocenters. The van der Waals surface area contributed by atoms with Crippen molar-refractivity contribution in [3.05, 3.63) is 0 Å². The van der Waals surface area contributed by atoms with E-state index in [-0.39, 0.29) is 23.7 Å². The van der Waals surface area contributed by atoms with Crippen LogP contribution < -0.4 is 11.1 Å². The van der Waals surface area contributed by atoms with Gasteiger partial charge in [-0.2, -0.15) is 11.8 Å². The van der Waals surface area contributed by atoms with Gasteiger partial charge in [-0.15, -0.1) is 0 Å². The fourth-order valence-electron chi connectivity index (χ4n) is 1.22. The lowest BCUT2D eigenvalue weighted by Gasteiger charge is -2.14. The number of nitrogens with two attached hydrogens (primary N) is 1. The summed E-state index contributed by atoms with van der Waals surface area (Å²) in [6, 6.07) is -2.42. The Bertz CT molecular complexity index is 390. The number of hydrogen-bond donors (Lipinski definition) is 4. The lowest BCUT2D eigenvalue weighted by molar-refractivity contribution is -0.141. The zero-order valence-electron chi connectivity index (χ0n) is 10.9. The second-order valence-electron chi connectivity index (χ2n) is 3.95. The van der Waals surface area contributed by atoms with Crippen molar-refractivity contribution >= 4 is 40.4 Å². The first-order valence-corrected chi connectivity index (χ1v) is 8.50. The predicted molar refractivity (Wildman–Crippen MR) is 75.8 cm³/mol. The highest BCUT2D eigenvalue weighted by atomic mass is 32.2. The molecule has 0 fully saturated rings. The van der Waals surface area contributed by atoms with Gasteiger partial charge in [0.2, 0.25) is 5.91 Å². The van der Waals surface area contributed by atoms with Gasteiger partial charge >= 0.3 is 11.9 Å². The van der Waals surface area contributed by atoms with Gasteiger partial charge in [0.15, 0.2) is 0 Å². The number of rotatable bonds is 10. The van der Waals surface area contributed by atoms with Crippen LogP contribution in [-0.2, 0) is 25.2 Å². The molecule has 0 saturated carbocycles. The number of carbonyl (C=O) groups excluding carboxylic acids is 1. The summed E-state index contributed by atoms with van der Waals surface area (Å²) in [5.74, 6) is -3.33. The molecule has 0 spiro atoms. The van der Waals surface area contributed by atoms with E-state index in [1.807, 2.05) is 0 Å².